The van der Waals surface area contributed by atoms with E-state index in [-0.39, 0.29) is 36.7 Å². The van der Waals surface area contributed by atoms with E-state index in [2.05, 4.69) is 27.9 Å². The maximum absolute atomic E-state index is 13.4. The average molecular weight is 533 g/mol. The van der Waals surface area contributed by atoms with Gasteiger partial charge in [-0.3, -0.25) is 14.4 Å². The van der Waals surface area contributed by atoms with Crippen molar-refractivity contribution < 1.29 is 28.6 Å². The minimum Gasteiger partial charge on any atom is -0.382 e. The number of aryl methyl sites for hydroxylation is 1. The molecular formula is C26H36N4O6S. The third-order valence-electron chi connectivity index (χ3n) is 6.56. The molecule has 3 N–H and O–H groups in total. The predicted molar refractivity (Wildman–Crippen MR) is 139 cm³/mol. The molecule has 0 saturated carbocycles. The number of methoxy groups -OCH3 is 2. The molecule has 1 aromatic carbocycles. The molecule has 2 heterocycles. The number of nitrogens with one attached hydrogen (secondary N) is 3. The van der Waals surface area contributed by atoms with Gasteiger partial charge in [0.1, 0.15) is 17.0 Å². The van der Waals surface area contributed by atoms with E-state index in [0.29, 0.717) is 17.9 Å². The Morgan fingerprint density at radius 3 is 2.19 bits per heavy atom. The monoisotopic (exact) mass is 532 g/mol. The zero-order valence-electron chi connectivity index (χ0n) is 21.9. The molecule has 0 bridgehead atoms. The highest BCUT2D eigenvalue weighted by atomic mass is 32.1. The first-order valence-corrected chi connectivity index (χ1v) is 13.0. The molecule has 1 saturated heterocycles. The highest BCUT2D eigenvalue weighted by Crippen LogP contribution is 2.37. The van der Waals surface area contributed by atoms with Gasteiger partial charge in [-0.15, -0.1) is 11.3 Å². The van der Waals surface area contributed by atoms with Crippen LogP contribution in [0.5, 0.6) is 0 Å². The molecule has 1 fully saturated rings. The number of carbonyl (C=O) groups excluding carboxylic acids is 3. The number of hydrogen-bond acceptors (Lipinski definition) is 8. The maximum atomic E-state index is 13.4. The van der Waals surface area contributed by atoms with Gasteiger partial charge in [0.05, 0.1) is 36.6 Å². The van der Waals surface area contributed by atoms with E-state index in [1.54, 1.807) is 6.92 Å². The number of benzene rings is 1. The predicted octanol–water partition coefficient (Wildman–Crippen LogP) is 1.48. The van der Waals surface area contributed by atoms with Crippen molar-refractivity contribution in [1.29, 1.82) is 0 Å². The Balaban J connectivity index is 1.69. The number of hydrogen-bond donors (Lipinski definition) is 3. The Hall–Kier alpha value is -2.86. The van der Waals surface area contributed by atoms with E-state index in [1.165, 1.54) is 31.8 Å². The lowest BCUT2D eigenvalue weighted by atomic mass is 9.85. The molecule has 11 heteroatoms. The molecule has 0 radical (unpaired) electrons. The van der Waals surface area contributed by atoms with Crippen LogP contribution in [0, 0.1) is 12.8 Å². The summed E-state index contributed by atoms with van der Waals surface area (Å²) < 4.78 is 16.0. The summed E-state index contributed by atoms with van der Waals surface area (Å²) in [7, 11) is 2.88. The largest absolute Gasteiger partial charge is 0.382 e. The van der Waals surface area contributed by atoms with E-state index in [4.69, 9.17) is 14.2 Å². The van der Waals surface area contributed by atoms with Crippen LogP contribution < -0.4 is 16.0 Å². The van der Waals surface area contributed by atoms with Gasteiger partial charge in [-0.05, 0) is 25.8 Å². The molecule has 1 unspecified atom stereocenters. The Labute approximate surface area is 221 Å². The van der Waals surface area contributed by atoms with Crippen LogP contribution >= 0.6 is 11.3 Å². The third kappa shape index (κ3) is 8.06. The van der Waals surface area contributed by atoms with Crippen LogP contribution in [0.15, 0.2) is 36.5 Å². The Morgan fingerprint density at radius 1 is 1.05 bits per heavy atom. The lowest BCUT2D eigenvalue weighted by Crippen LogP contribution is -2.58. The molecule has 0 spiro atoms. The number of epoxide rings is 1. The Bertz CT molecular complexity index is 1060. The second kappa shape index (κ2) is 13.1. The highest BCUT2D eigenvalue weighted by molar-refractivity contribution is 7.13. The van der Waals surface area contributed by atoms with E-state index in [0.717, 1.165) is 10.6 Å². The standard InChI is InChI=1S/C26H36N4O6S/c1-16(26(3)15-36-26)19(11-18-9-7-6-8-10-18)28-23(31)20(13-34-4)29-24(32)21(14-35-5)30-25(33)22-12-27-17(2)37-22/h6-10,12,16,19-21H,11,13-15H2,1-5H3,(H,28,31)(H,29,32)(H,30,33)/t16?,19-,20-,21-,26+/m0/s1. The second-order valence-corrected chi connectivity index (χ2v) is 10.7. The fourth-order valence-corrected chi connectivity index (χ4v) is 4.65. The first-order valence-electron chi connectivity index (χ1n) is 12.2. The van der Waals surface area contributed by atoms with Crippen LogP contribution in [0.2, 0.25) is 0 Å². The van der Waals surface area contributed by atoms with Crippen molar-refractivity contribution in [3.05, 3.63) is 52.0 Å². The minimum atomic E-state index is -1.01. The molecule has 1 aromatic heterocycles. The summed E-state index contributed by atoms with van der Waals surface area (Å²) in [5, 5.41) is 9.21. The molecule has 3 amide bonds. The van der Waals surface area contributed by atoms with Crippen LogP contribution in [0.3, 0.4) is 0 Å². The molecule has 37 heavy (non-hydrogen) atoms. The summed E-state index contributed by atoms with van der Waals surface area (Å²) in [5.41, 5.74) is 0.771. The molecule has 0 aliphatic carbocycles. The SMILES string of the molecule is COC[C@H](NC(=O)c1cnc(C)s1)C(=O)N[C@@H](COC)C(=O)N[C@@H](Cc1ccccc1)C(C)[C@@]1(C)CO1. The minimum absolute atomic E-state index is 0.0268. The molecule has 5 atom stereocenters. The fourth-order valence-electron chi connectivity index (χ4n) is 3.97. The maximum Gasteiger partial charge on any atom is 0.263 e. The topological polar surface area (TPSA) is 131 Å². The summed E-state index contributed by atoms with van der Waals surface area (Å²) in [6.07, 6.45) is 2.06. The van der Waals surface area contributed by atoms with Crippen LogP contribution in [-0.2, 0) is 30.2 Å². The number of rotatable bonds is 14. The van der Waals surface area contributed by atoms with Crippen molar-refractivity contribution in [3.63, 3.8) is 0 Å². The number of ether oxygens (including phenoxy) is 3. The zero-order valence-corrected chi connectivity index (χ0v) is 22.7. The van der Waals surface area contributed by atoms with E-state index in [9.17, 15) is 14.4 Å². The molecule has 10 nitrogen and oxygen atoms in total. The smallest absolute Gasteiger partial charge is 0.263 e. The number of nitrogens with zero attached hydrogens (tertiary/aromatic N) is 1. The van der Waals surface area contributed by atoms with Gasteiger partial charge in [0.25, 0.3) is 5.91 Å². The van der Waals surface area contributed by atoms with E-state index < -0.39 is 23.9 Å². The summed E-state index contributed by atoms with van der Waals surface area (Å²) >= 11 is 1.22. The van der Waals surface area contributed by atoms with Gasteiger partial charge in [-0.2, -0.15) is 0 Å². The van der Waals surface area contributed by atoms with Crippen molar-refractivity contribution in [2.45, 2.75) is 50.9 Å². The zero-order chi connectivity index (χ0) is 27.0. The molecule has 1 aliphatic rings. The van der Waals surface area contributed by atoms with Crippen molar-refractivity contribution in [3.8, 4) is 0 Å². The van der Waals surface area contributed by atoms with Gasteiger partial charge in [-0.25, -0.2) is 4.98 Å². The summed E-state index contributed by atoms with van der Waals surface area (Å²) in [6.45, 7) is 6.39. The van der Waals surface area contributed by atoms with Crippen molar-refractivity contribution in [1.82, 2.24) is 20.9 Å². The number of carbonyl (C=O) groups is 3. The fraction of sp³-hybridized carbons (Fsp3) is 0.538. The first kappa shape index (κ1) is 28.7. The van der Waals surface area contributed by atoms with Gasteiger partial charge < -0.3 is 30.2 Å². The van der Waals surface area contributed by atoms with Gasteiger partial charge in [0.15, 0.2) is 0 Å². The molecule has 3 rings (SSSR count). The Kier molecular flexibility index (Phi) is 10.2. The van der Waals surface area contributed by atoms with E-state index in [1.807, 2.05) is 37.3 Å². The molecule has 1 aliphatic heterocycles. The molecular weight excluding hydrogens is 496 g/mol. The number of amides is 3. The van der Waals surface area contributed by atoms with Gasteiger partial charge in [-0.1, -0.05) is 37.3 Å². The quantitative estimate of drug-likeness (QED) is 0.314. The lowest BCUT2D eigenvalue weighted by molar-refractivity contribution is -0.132. The summed E-state index contributed by atoms with van der Waals surface area (Å²) in [6, 6.07) is 7.67. The van der Waals surface area contributed by atoms with Crippen LogP contribution in [0.4, 0.5) is 0 Å². The summed E-state index contributed by atoms with van der Waals surface area (Å²) in [4.78, 5) is 43.5. The first-order chi connectivity index (χ1) is 17.7. The van der Waals surface area contributed by atoms with Gasteiger partial charge >= 0.3 is 0 Å². The third-order valence-corrected chi connectivity index (χ3v) is 7.47. The number of thiazole rings is 1. The average Bonchev–Trinajstić information content (AvgIpc) is 3.48. The summed E-state index contributed by atoms with van der Waals surface area (Å²) in [5.74, 6) is -1.35. The van der Waals surface area contributed by atoms with Crippen molar-refractivity contribution in [2.24, 2.45) is 5.92 Å². The molecule has 202 valence electrons. The van der Waals surface area contributed by atoms with Gasteiger partial charge in [0, 0.05) is 26.2 Å². The second-order valence-electron chi connectivity index (χ2n) is 9.44. The number of aromatic nitrogens is 1. The Morgan fingerprint density at radius 2 is 1.65 bits per heavy atom. The van der Waals surface area contributed by atoms with Crippen molar-refractivity contribution >= 4 is 29.1 Å². The highest BCUT2D eigenvalue weighted by Gasteiger charge is 2.48. The van der Waals surface area contributed by atoms with Crippen LogP contribution in [0.25, 0.3) is 0 Å². The normalized spacial score (nSPS) is 19.8. The van der Waals surface area contributed by atoms with E-state index >= 15 is 0 Å². The lowest BCUT2D eigenvalue weighted by Gasteiger charge is -2.30. The van der Waals surface area contributed by atoms with Crippen molar-refractivity contribution in [2.75, 3.05) is 34.0 Å². The van der Waals surface area contributed by atoms with Gasteiger partial charge in [0.2, 0.25) is 11.8 Å². The molecule has 2 aromatic rings. The van der Waals surface area contributed by atoms with Crippen LogP contribution in [-0.4, -0.2) is 80.5 Å². The van der Waals surface area contributed by atoms with Crippen LogP contribution in [0.1, 0.15) is 34.1 Å².